The Bertz CT molecular complexity index is 717. The normalized spacial score (nSPS) is 12.8. The maximum atomic E-state index is 12.1. The van der Waals surface area contributed by atoms with E-state index in [0.717, 1.165) is 0 Å². The van der Waals surface area contributed by atoms with Gasteiger partial charge in [-0.25, -0.2) is 18.1 Å². The molecule has 1 atom stereocenters. The minimum atomic E-state index is -3.55. The zero-order valence-corrected chi connectivity index (χ0v) is 11.7. The largest absolute Gasteiger partial charge is 0.347 e. The van der Waals surface area contributed by atoms with Gasteiger partial charge in [0.2, 0.25) is 10.0 Å². The third kappa shape index (κ3) is 3.44. The van der Waals surface area contributed by atoms with E-state index in [9.17, 15) is 8.42 Å². The number of nitrogens with zero attached hydrogens (tertiary/aromatic N) is 2. The molecule has 20 heavy (non-hydrogen) atoms. The molecule has 2 rings (SSSR count). The number of aromatic nitrogens is 2. The van der Waals surface area contributed by atoms with E-state index in [0.29, 0.717) is 17.0 Å². The van der Waals surface area contributed by atoms with Crippen LogP contribution >= 0.6 is 0 Å². The van der Waals surface area contributed by atoms with Crippen molar-refractivity contribution in [2.45, 2.75) is 18.7 Å². The Hall–Kier alpha value is -2.17. The van der Waals surface area contributed by atoms with Crippen molar-refractivity contribution in [3.05, 3.63) is 53.6 Å². The molecule has 1 unspecified atom stereocenters. The number of hydrogen-bond donors (Lipinski definition) is 2. The number of H-pyrrole nitrogens is 1. The number of nitrogens with one attached hydrogen (secondary N) is 2. The van der Waals surface area contributed by atoms with E-state index in [4.69, 9.17) is 5.26 Å². The standard InChI is InChI=1S/C13H14N4O2S/c1-10(13-15-6-7-16-13)17-20(18,19)9-12-5-3-2-4-11(12)8-14/h2-7,10,17H,9H2,1H3,(H,15,16). The third-order valence-electron chi connectivity index (χ3n) is 2.77. The molecule has 2 aromatic rings. The fourth-order valence-electron chi connectivity index (χ4n) is 1.84. The van der Waals surface area contributed by atoms with Gasteiger partial charge in [0.1, 0.15) is 5.82 Å². The first kappa shape index (κ1) is 14.2. The first-order valence-electron chi connectivity index (χ1n) is 5.99. The minimum Gasteiger partial charge on any atom is -0.347 e. The molecule has 0 aliphatic rings. The SMILES string of the molecule is CC(NS(=O)(=O)Cc1ccccc1C#N)c1ncc[nH]1. The van der Waals surface area contributed by atoms with Gasteiger partial charge in [-0.2, -0.15) is 5.26 Å². The second kappa shape index (κ2) is 5.86. The van der Waals surface area contributed by atoms with Gasteiger partial charge < -0.3 is 4.98 Å². The summed E-state index contributed by atoms with van der Waals surface area (Å²) in [6.07, 6.45) is 3.19. The highest BCUT2D eigenvalue weighted by molar-refractivity contribution is 7.88. The highest BCUT2D eigenvalue weighted by Gasteiger charge is 2.19. The molecular weight excluding hydrogens is 276 g/mol. The van der Waals surface area contributed by atoms with Crippen molar-refractivity contribution in [3.8, 4) is 6.07 Å². The summed E-state index contributed by atoms with van der Waals surface area (Å²) >= 11 is 0. The minimum absolute atomic E-state index is 0.234. The molecule has 0 aliphatic heterocycles. The zero-order chi connectivity index (χ0) is 14.6. The number of hydrogen-bond acceptors (Lipinski definition) is 4. The molecular formula is C13H14N4O2S. The van der Waals surface area contributed by atoms with Crippen LogP contribution in [0.4, 0.5) is 0 Å². The van der Waals surface area contributed by atoms with E-state index in [-0.39, 0.29) is 5.75 Å². The van der Waals surface area contributed by atoms with Crippen LogP contribution in [0.5, 0.6) is 0 Å². The van der Waals surface area contributed by atoms with E-state index in [1.54, 1.807) is 43.6 Å². The maximum Gasteiger partial charge on any atom is 0.216 e. The second-order valence-electron chi connectivity index (χ2n) is 4.34. The van der Waals surface area contributed by atoms with Crippen LogP contribution in [-0.4, -0.2) is 18.4 Å². The van der Waals surface area contributed by atoms with Gasteiger partial charge in [0.25, 0.3) is 0 Å². The number of rotatable bonds is 5. The molecule has 0 saturated carbocycles. The van der Waals surface area contributed by atoms with E-state index in [2.05, 4.69) is 14.7 Å². The second-order valence-corrected chi connectivity index (χ2v) is 6.10. The Morgan fingerprint density at radius 2 is 2.20 bits per heavy atom. The van der Waals surface area contributed by atoms with Crippen molar-refractivity contribution >= 4 is 10.0 Å². The molecule has 104 valence electrons. The third-order valence-corrected chi connectivity index (χ3v) is 4.17. The van der Waals surface area contributed by atoms with Crippen LogP contribution < -0.4 is 4.72 Å². The van der Waals surface area contributed by atoms with Gasteiger partial charge in [-0.05, 0) is 18.6 Å². The number of aromatic amines is 1. The first-order chi connectivity index (χ1) is 9.52. The molecule has 1 heterocycles. The van der Waals surface area contributed by atoms with Gasteiger partial charge >= 0.3 is 0 Å². The molecule has 0 fully saturated rings. The molecule has 0 radical (unpaired) electrons. The van der Waals surface area contributed by atoms with Crippen molar-refractivity contribution < 1.29 is 8.42 Å². The van der Waals surface area contributed by atoms with Gasteiger partial charge in [-0.3, -0.25) is 0 Å². The molecule has 1 aromatic carbocycles. The van der Waals surface area contributed by atoms with Crippen LogP contribution in [0, 0.1) is 11.3 Å². The summed E-state index contributed by atoms with van der Waals surface area (Å²) in [7, 11) is -3.55. The van der Waals surface area contributed by atoms with Gasteiger partial charge in [-0.15, -0.1) is 0 Å². The zero-order valence-electron chi connectivity index (χ0n) is 10.9. The van der Waals surface area contributed by atoms with Crippen LogP contribution in [0.3, 0.4) is 0 Å². The Morgan fingerprint density at radius 1 is 1.45 bits per heavy atom. The smallest absolute Gasteiger partial charge is 0.216 e. The lowest BCUT2D eigenvalue weighted by atomic mass is 10.1. The van der Waals surface area contributed by atoms with Gasteiger partial charge in [0.05, 0.1) is 23.4 Å². The van der Waals surface area contributed by atoms with Gasteiger partial charge in [0.15, 0.2) is 0 Å². The molecule has 0 saturated heterocycles. The monoisotopic (exact) mass is 290 g/mol. The van der Waals surface area contributed by atoms with Crippen LogP contribution in [0.1, 0.15) is 29.9 Å². The topological polar surface area (TPSA) is 98.6 Å². The molecule has 1 aromatic heterocycles. The number of benzene rings is 1. The van der Waals surface area contributed by atoms with E-state index >= 15 is 0 Å². The van der Waals surface area contributed by atoms with Crippen molar-refractivity contribution in [3.63, 3.8) is 0 Å². The fraction of sp³-hybridized carbons (Fsp3) is 0.231. The van der Waals surface area contributed by atoms with Crippen LogP contribution in [0.15, 0.2) is 36.7 Å². The Morgan fingerprint density at radius 3 is 2.85 bits per heavy atom. The van der Waals surface area contributed by atoms with Crippen molar-refractivity contribution in [1.82, 2.24) is 14.7 Å². The Labute approximate surface area is 117 Å². The lowest BCUT2D eigenvalue weighted by Crippen LogP contribution is -2.29. The fourth-order valence-corrected chi connectivity index (χ4v) is 3.24. The van der Waals surface area contributed by atoms with Crippen molar-refractivity contribution in [1.29, 1.82) is 5.26 Å². The summed E-state index contributed by atoms with van der Waals surface area (Å²) in [6, 6.07) is 8.18. The lowest BCUT2D eigenvalue weighted by molar-refractivity contribution is 0.560. The number of nitriles is 1. The number of imidazole rings is 1. The maximum absolute atomic E-state index is 12.1. The summed E-state index contributed by atoms with van der Waals surface area (Å²) < 4.78 is 26.8. The summed E-state index contributed by atoms with van der Waals surface area (Å²) in [4.78, 5) is 6.86. The summed E-state index contributed by atoms with van der Waals surface area (Å²) in [6.45, 7) is 1.70. The predicted molar refractivity (Wildman–Crippen MR) is 73.9 cm³/mol. The van der Waals surface area contributed by atoms with Gasteiger partial charge in [0, 0.05) is 12.4 Å². The molecule has 0 aliphatic carbocycles. The van der Waals surface area contributed by atoms with Crippen LogP contribution in [-0.2, 0) is 15.8 Å². The molecule has 0 spiro atoms. The Balaban J connectivity index is 2.14. The van der Waals surface area contributed by atoms with Crippen molar-refractivity contribution in [2.24, 2.45) is 0 Å². The summed E-state index contributed by atoms with van der Waals surface area (Å²) in [5, 5.41) is 8.97. The number of sulfonamides is 1. The van der Waals surface area contributed by atoms with Crippen LogP contribution in [0.25, 0.3) is 0 Å². The highest BCUT2D eigenvalue weighted by atomic mass is 32.2. The average molecular weight is 290 g/mol. The van der Waals surface area contributed by atoms with Crippen LogP contribution in [0.2, 0.25) is 0 Å². The molecule has 0 amide bonds. The molecule has 2 N–H and O–H groups in total. The highest BCUT2D eigenvalue weighted by Crippen LogP contribution is 2.14. The Kier molecular flexibility index (Phi) is 4.17. The quantitative estimate of drug-likeness (QED) is 0.870. The first-order valence-corrected chi connectivity index (χ1v) is 7.64. The lowest BCUT2D eigenvalue weighted by Gasteiger charge is -2.12. The van der Waals surface area contributed by atoms with Crippen molar-refractivity contribution in [2.75, 3.05) is 0 Å². The molecule has 0 bridgehead atoms. The van der Waals surface area contributed by atoms with E-state index in [1.807, 2.05) is 6.07 Å². The van der Waals surface area contributed by atoms with E-state index in [1.165, 1.54) is 0 Å². The average Bonchev–Trinajstić information content (AvgIpc) is 2.92. The van der Waals surface area contributed by atoms with Gasteiger partial charge in [-0.1, -0.05) is 18.2 Å². The molecule has 6 nitrogen and oxygen atoms in total. The summed E-state index contributed by atoms with van der Waals surface area (Å²) in [5.41, 5.74) is 0.845. The predicted octanol–water partition coefficient (Wildman–Crippen LogP) is 1.46. The van der Waals surface area contributed by atoms with E-state index < -0.39 is 16.1 Å². The summed E-state index contributed by atoms with van der Waals surface area (Å²) in [5.74, 6) is 0.309. The molecule has 7 heteroatoms.